The second kappa shape index (κ2) is 2.89. The average molecular weight is 143 g/mol. The Balaban J connectivity index is 2.46. The van der Waals surface area contributed by atoms with Crippen molar-refractivity contribution in [3.63, 3.8) is 0 Å². The fourth-order valence-electron chi connectivity index (χ4n) is 1.26. The van der Waals surface area contributed by atoms with E-state index in [1.165, 1.54) is 0 Å². The molecule has 0 spiro atoms. The molecular weight excluding hydrogens is 126 g/mol. The highest BCUT2D eigenvalue weighted by molar-refractivity contribution is 4.82. The van der Waals surface area contributed by atoms with E-state index in [1.807, 2.05) is 0 Å². The summed E-state index contributed by atoms with van der Waals surface area (Å²) < 4.78 is 5.65. The molecule has 0 aromatic rings. The molecular formula is C8H17NO. The van der Waals surface area contributed by atoms with Crippen LogP contribution < -0.4 is 5.32 Å². The van der Waals surface area contributed by atoms with Gasteiger partial charge in [-0.05, 0) is 27.7 Å². The van der Waals surface area contributed by atoms with Gasteiger partial charge in [0.2, 0.25) is 0 Å². The maximum absolute atomic E-state index is 5.65. The van der Waals surface area contributed by atoms with Gasteiger partial charge in [0.15, 0.2) is 0 Å². The van der Waals surface area contributed by atoms with Gasteiger partial charge in [-0.2, -0.15) is 0 Å². The molecule has 0 aromatic carbocycles. The predicted octanol–water partition coefficient (Wildman–Crippen LogP) is 1.16. The third kappa shape index (κ3) is 1.50. The molecule has 0 aliphatic carbocycles. The smallest absolute Gasteiger partial charge is 0.0701 e. The van der Waals surface area contributed by atoms with Crippen LogP contribution in [0.15, 0.2) is 0 Å². The number of ether oxygens (including phenoxy) is 1. The molecule has 2 unspecified atom stereocenters. The summed E-state index contributed by atoms with van der Waals surface area (Å²) in [6.07, 6.45) is 0.706. The molecule has 2 nitrogen and oxygen atoms in total. The molecule has 1 aliphatic rings. The zero-order valence-corrected chi connectivity index (χ0v) is 7.22. The van der Waals surface area contributed by atoms with Crippen LogP contribution in [0.1, 0.15) is 27.7 Å². The Morgan fingerprint density at radius 3 is 1.60 bits per heavy atom. The molecule has 1 aliphatic heterocycles. The molecule has 1 fully saturated rings. The highest BCUT2D eigenvalue weighted by Crippen LogP contribution is 2.12. The first-order chi connectivity index (χ1) is 4.61. The number of rotatable bonds is 0. The fraction of sp³-hybridized carbons (Fsp3) is 1.00. The average Bonchev–Trinajstić information content (AvgIpc) is 1.84. The number of hydrogen-bond donors (Lipinski definition) is 1. The Morgan fingerprint density at radius 2 is 1.30 bits per heavy atom. The summed E-state index contributed by atoms with van der Waals surface area (Å²) in [7, 11) is 0. The van der Waals surface area contributed by atoms with Crippen LogP contribution in [-0.4, -0.2) is 24.3 Å². The standard InChI is InChI=1S/C8H17NO/c1-5-7(3)10-8(4)6(2)9-5/h5-9H,1-4H3/t5-,6?,7+,8?/m0/s1. The van der Waals surface area contributed by atoms with Crippen molar-refractivity contribution < 1.29 is 4.74 Å². The molecule has 0 saturated carbocycles. The van der Waals surface area contributed by atoms with E-state index in [0.717, 1.165) is 0 Å². The zero-order chi connectivity index (χ0) is 7.72. The first-order valence-corrected chi connectivity index (χ1v) is 4.02. The topological polar surface area (TPSA) is 21.3 Å². The number of nitrogens with one attached hydrogen (secondary N) is 1. The van der Waals surface area contributed by atoms with Crippen molar-refractivity contribution in [3.05, 3.63) is 0 Å². The number of hydrogen-bond acceptors (Lipinski definition) is 2. The Labute approximate surface area is 63.0 Å². The van der Waals surface area contributed by atoms with E-state index in [-0.39, 0.29) is 0 Å². The molecule has 0 amide bonds. The van der Waals surface area contributed by atoms with E-state index in [4.69, 9.17) is 4.74 Å². The van der Waals surface area contributed by atoms with Crippen LogP contribution in [0.3, 0.4) is 0 Å². The Bertz CT molecular complexity index is 89.8. The summed E-state index contributed by atoms with van der Waals surface area (Å²) in [6.45, 7) is 8.54. The second-order valence-corrected chi connectivity index (χ2v) is 3.29. The zero-order valence-electron chi connectivity index (χ0n) is 7.22. The Kier molecular flexibility index (Phi) is 2.32. The van der Waals surface area contributed by atoms with Crippen molar-refractivity contribution in [2.24, 2.45) is 0 Å². The van der Waals surface area contributed by atoms with Gasteiger partial charge in [-0.1, -0.05) is 0 Å². The van der Waals surface area contributed by atoms with Crippen molar-refractivity contribution in [2.45, 2.75) is 52.0 Å². The maximum atomic E-state index is 5.65. The van der Waals surface area contributed by atoms with Crippen LogP contribution in [0, 0.1) is 0 Å². The Morgan fingerprint density at radius 1 is 0.900 bits per heavy atom. The molecule has 1 rings (SSSR count). The van der Waals surface area contributed by atoms with Gasteiger partial charge < -0.3 is 10.1 Å². The van der Waals surface area contributed by atoms with Crippen molar-refractivity contribution >= 4 is 0 Å². The van der Waals surface area contributed by atoms with Gasteiger partial charge in [0.25, 0.3) is 0 Å². The minimum Gasteiger partial charge on any atom is -0.372 e. The summed E-state index contributed by atoms with van der Waals surface area (Å²) in [5, 5.41) is 3.45. The first kappa shape index (κ1) is 8.02. The lowest BCUT2D eigenvalue weighted by Gasteiger charge is -2.37. The maximum Gasteiger partial charge on any atom is 0.0701 e. The van der Waals surface area contributed by atoms with E-state index in [1.54, 1.807) is 0 Å². The summed E-state index contributed by atoms with van der Waals surface area (Å²) in [5.74, 6) is 0. The fourth-order valence-corrected chi connectivity index (χ4v) is 1.26. The van der Waals surface area contributed by atoms with Gasteiger partial charge in [0.1, 0.15) is 0 Å². The molecule has 4 atom stereocenters. The SMILES string of the molecule is CC1N[C@@H](C)[C@@H](C)OC1C. The van der Waals surface area contributed by atoms with E-state index >= 15 is 0 Å². The van der Waals surface area contributed by atoms with E-state index < -0.39 is 0 Å². The van der Waals surface area contributed by atoms with Gasteiger partial charge in [-0.25, -0.2) is 0 Å². The van der Waals surface area contributed by atoms with Crippen molar-refractivity contribution in [1.82, 2.24) is 5.32 Å². The second-order valence-electron chi connectivity index (χ2n) is 3.29. The van der Waals surface area contributed by atoms with E-state index in [2.05, 4.69) is 33.0 Å². The monoisotopic (exact) mass is 143 g/mol. The number of morpholine rings is 1. The predicted molar refractivity (Wildman–Crippen MR) is 42.1 cm³/mol. The lowest BCUT2D eigenvalue weighted by Crippen LogP contribution is -2.54. The third-order valence-electron chi connectivity index (χ3n) is 2.36. The summed E-state index contributed by atoms with van der Waals surface area (Å²) in [4.78, 5) is 0. The van der Waals surface area contributed by atoms with Crippen LogP contribution in [0.25, 0.3) is 0 Å². The first-order valence-electron chi connectivity index (χ1n) is 4.02. The van der Waals surface area contributed by atoms with Crippen LogP contribution >= 0.6 is 0 Å². The lowest BCUT2D eigenvalue weighted by molar-refractivity contribution is -0.0620. The van der Waals surface area contributed by atoms with E-state index in [9.17, 15) is 0 Å². The van der Waals surface area contributed by atoms with Crippen LogP contribution in [0.4, 0.5) is 0 Å². The summed E-state index contributed by atoms with van der Waals surface area (Å²) in [6, 6.07) is 0.984. The van der Waals surface area contributed by atoms with Crippen LogP contribution in [-0.2, 0) is 4.74 Å². The minimum absolute atomic E-state index is 0.353. The largest absolute Gasteiger partial charge is 0.372 e. The molecule has 0 radical (unpaired) electrons. The van der Waals surface area contributed by atoms with E-state index in [0.29, 0.717) is 24.3 Å². The van der Waals surface area contributed by atoms with Crippen molar-refractivity contribution in [2.75, 3.05) is 0 Å². The molecule has 0 bridgehead atoms. The highest BCUT2D eigenvalue weighted by Gasteiger charge is 2.26. The molecule has 1 heterocycles. The molecule has 1 saturated heterocycles. The van der Waals surface area contributed by atoms with Crippen LogP contribution in [0.5, 0.6) is 0 Å². The Hall–Kier alpha value is -0.0800. The van der Waals surface area contributed by atoms with Gasteiger partial charge in [0.05, 0.1) is 12.2 Å². The molecule has 1 N–H and O–H groups in total. The normalized spacial score (nSPS) is 49.2. The molecule has 60 valence electrons. The minimum atomic E-state index is 0.353. The van der Waals surface area contributed by atoms with Gasteiger partial charge in [0, 0.05) is 12.1 Å². The van der Waals surface area contributed by atoms with Gasteiger partial charge >= 0.3 is 0 Å². The molecule has 10 heavy (non-hydrogen) atoms. The van der Waals surface area contributed by atoms with Gasteiger partial charge in [-0.3, -0.25) is 0 Å². The molecule has 2 heteroatoms. The summed E-state index contributed by atoms with van der Waals surface area (Å²) >= 11 is 0. The molecule has 0 aromatic heterocycles. The third-order valence-corrected chi connectivity index (χ3v) is 2.36. The van der Waals surface area contributed by atoms with Crippen molar-refractivity contribution in [1.29, 1.82) is 0 Å². The lowest BCUT2D eigenvalue weighted by atomic mass is 10.1. The van der Waals surface area contributed by atoms with Crippen LogP contribution in [0.2, 0.25) is 0 Å². The summed E-state index contributed by atoms with van der Waals surface area (Å²) in [5.41, 5.74) is 0. The highest BCUT2D eigenvalue weighted by atomic mass is 16.5. The van der Waals surface area contributed by atoms with Gasteiger partial charge in [-0.15, -0.1) is 0 Å². The van der Waals surface area contributed by atoms with Crippen molar-refractivity contribution in [3.8, 4) is 0 Å². The quantitative estimate of drug-likeness (QED) is 0.549.